The van der Waals surface area contributed by atoms with Crippen molar-refractivity contribution in [2.75, 3.05) is 0 Å². The number of hydrogen-bond donors (Lipinski definition) is 2. The highest BCUT2D eigenvalue weighted by Gasteiger charge is 2.14. The van der Waals surface area contributed by atoms with Crippen LogP contribution in [-0.2, 0) is 0 Å². The van der Waals surface area contributed by atoms with Gasteiger partial charge in [-0.2, -0.15) is 0 Å². The fourth-order valence-corrected chi connectivity index (χ4v) is 2.18. The molecule has 6 nitrogen and oxygen atoms in total. The molecule has 0 aliphatic rings. The summed E-state index contributed by atoms with van der Waals surface area (Å²) in [6.07, 6.45) is 1.37. The van der Waals surface area contributed by atoms with Crippen molar-refractivity contribution in [2.24, 2.45) is 0 Å². The maximum atomic E-state index is 12.3. The van der Waals surface area contributed by atoms with Crippen molar-refractivity contribution in [3.8, 4) is 5.75 Å². The van der Waals surface area contributed by atoms with E-state index in [-0.39, 0.29) is 29.3 Å². The van der Waals surface area contributed by atoms with Gasteiger partial charge in [-0.05, 0) is 50.6 Å². The first-order chi connectivity index (χ1) is 11.4. The lowest BCUT2D eigenvalue weighted by Crippen LogP contribution is -2.27. The molecule has 126 valence electrons. The van der Waals surface area contributed by atoms with Crippen molar-refractivity contribution >= 4 is 11.9 Å². The lowest BCUT2D eigenvalue weighted by atomic mass is 10.1. The smallest absolute Gasteiger partial charge is 0.354 e. The molecule has 6 heteroatoms. The van der Waals surface area contributed by atoms with Crippen LogP contribution in [0.4, 0.5) is 0 Å². The number of ether oxygens (including phenoxy) is 1. The minimum Gasteiger partial charge on any atom is -0.491 e. The van der Waals surface area contributed by atoms with Gasteiger partial charge in [-0.25, -0.2) is 9.78 Å². The molecule has 0 radical (unpaired) electrons. The summed E-state index contributed by atoms with van der Waals surface area (Å²) in [5.41, 5.74) is 0.987. The summed E-state index contributed by atoms with van der Waals surface area (Å²) < 4.78 is 5.65. The van der Waals surface area contributed by atoms with E-state index < -0.39 is 5.97 Å². The Balaban J connectivity index is 2.11. The Hall–Kier alpha value is -2.89. The Kier molecular flexibility index (Phi) is 5.52. The van der Waals surface area contributed by atoms with E-state index in [1.165, 1.54) is 18.3 Å². The van der Waals surface area contributed by atoms with Crippen molar-refractivity contribution < 1.29 is 19.4 Å². The summed E-state index contributed by atoms with van der Waals surface area (Å²) >= 11 is 0. The number of carboxylic acids is 1. The van der Waals surface area contributed by atoms with Gasteiger partial charge < -0.3 is 15.2 Å². The molecule has 2 aromatic rings. The standard InChI is InChI=1S/C18H20N2O4/c1-11(2)24-15-6-4-5-13(9-15)12(3)20-17(21)14-7-8-19-16(10-14)18(22)23/h4-12H,1-3H3,(H,20,21)(H,22,23). The van der Waals surface area contributed by atoms with E-state index in [0.717, 1.165) is 11.3 Å². The van der Waals surface area contributed by atoms with Gasteiger partial charge in [0.2, 0.25) is 0 Å². The van der Waals surface area contributed by atoms with E-state index in [2.05, 4.69) is 10.3 Å². The fourth-order valence-electron chi connectivity index (χ4n) is 2.18. The largest absolute Gasteiger partial charge is 0.491 e. The molecule has 0 spiro atoms. The van der Waals surface area contributed by atoms with E-state index >= 15 is 0 Å². The molecule has 0 saturated carbocycles. The number of aromatic carboxylic acids is 1. The van der Waals surface area contributed by atoms with Crippen molar-refractivity contribution in [1.29, 1.82) is 0 Å². The molecular formula is C18H20N2O4. The topological polar surface area (TPSA) is 88.5 Å². The third-order valence-electron chi connectivity index (χ3n) is 3.32. The molecule has 0 saturated heterocycles. The molecule has 0 fully saturated rings. The van der Waals surface area contributed by atoms with Gasteiger partial charge in [-0.15, -0.1) is 0 Å². The minimum absolute atomic E-state index is 0.0661. The first kappa shape index (κ1) is 17.5. The van der Waals surface area contributed by atoms with Gasteiger partial charge in [0.15, 0.2) is 0 Å². The SMILES string of the molecule is CC(C)Oc1cccc(C(C)NC(=O)c2ccnc(C(=O)O)c2)c1. The molecule has 0 bridgehead atoms. The van der Waals surface area contributed by atoms with Gasteiger partial charge in [0, 0.05) is 11.8 Å². The van der Waals surface area contributed by atoms with Gasteiger partial charge in [0.25, 0.3) is 5.91 Å². The zero-order valence-corrected chi connectivity index (χ0v) is 13.8. The Bertz CT molecular complexity index is 743. The van der Waals surface area contributed by atoms with Crippen LogP contribution in [0.25, 0.3) is 0 Å². The van der Waals surface area contributed by atoms with E-state index in [1.54, 1.807) is 0 Å². The van der Waals surface area contributed by atoms with Crippen molar-refractivity contribution in [3.05, 3.63) is 59.4 Å². The third-order valence-corrected chi connectivity index (χ3v) is 3.32. The second-order valence-corrected chi connectivity index (χ2v) is 5.67. The monoisotopic (exact) mass is 328 g/mol. The second-order valence-electron chi connectivity index (χ2n) is 5.67. The molecule has 0 aliphatic heterocycles. The molecular weight excluding hydrogens is 308 g/mol. The Morgan fingerprint density at radius 2 is 1.92 bits per heavy atom. The number of amides is 1. The lowest BCUT2D eigenvalue weighted by Gasteiger charge is -2.16. The van der Waals surface area contributed by atoms with Crippen LogP contribution >= 0.6 is 0 Å². The number of nitrogens with one attached hydrogen (secondary N) is 1. The van der Waals surface area contributed by atoms with Crippen molar-refractivity contribution in [1.82, 2.24) is 10.3 Å². The number of pyridine rings is 1. The highest BCUT2D eigenvalue weighted by molar-refractivity contribution is 5.96. The highest BCUT2D eigenvalue weighted by Crippen LogP contribution is 2.20. The average molecular weight is 328 g/mol. The number of nitrogens with zero attached hydrogens (tertiary/aromatic N) is 1. The van der Waals surface area contributed by atoms with Crippen LogP contribution in [0, 0.1) is 0 Å². The molecule has 2 N–H and O–H groups in total. The molecule has 24 heavy (non-hydrogen) atoms. The molecule has 1 atom stereocenters. The molecule has 1 aromatic heterocycles. The summed E-state index contributed by atoms with van der Waals surface area (Å²) in [5, 5.41) is 11.8. The zero-order valence-electron chi connectivity index (χ0n) is 13.8. The molecule has 1 heterocycles. The van der Waals surface area contributed by atoms with E-state index in [9.17, 15) is 9.59 Å². The quantitative estimate of drug-likeness (QED) is 0.851. The number of carbonyl (C=O) groups is 2. The van der Waals surface area contributed by atoms with Gasteiger partial charge >= 0.3 is 5.97 Å². The van der Waals surface area contributed by atoms with Crippen LogP contribution in [0.2, 0.25) is 0 Å². The van der Waals surface area contributed by atoms with Crippen LogP contribution in [0.15, 0.2) is 42.6 Å². The Morgan fingerprint density at radius 1 is 1.17 bits per heavy atom. The second kappa shape index (κ2) is 7.59. The number of carboxylic acid groups (broad SMARTS) is 1. The van der Waals surface area contributed by atoms with Crippen LogP contribution < -0.4 is 10.1 Å². The maximum absolute atomic E-state index is 12.3. The number of carbonyl (C=O) groups excluding carboxylic acids is 1. The summed E-state index contributed by atoms with van der Waals surface area (Å²) in [6, 6.07) is 9.97. The first-order valence-corrected chi connectivity index (χ1v) is 7.63. The number of hydrogen-bond acceptors (Lipinski definition) is 4. The fraction of sp³-hybridized carbons (Fsp3) is 0.278. The molecule has 1 amide bonds. The molecule has 2 rings (SSSR count). The van der Waals surface area contributed by atoms with Gasteiger partial charge in [-0.3, -0.25) is 4.79 Å². The van der Waals surface area contributed by atoms with E-state index in [4.69, 9.17) is 9.84 Å². The summed E-state index contributed by atoms with van der Waals surface area (Å²) in [6.45, 7) is 5.74. The van der Waals surface area contributed by atoms with E-state index in [1.807, 2.05) is 45.0 Å². The van der Waals surface area contributed by atoms with Crippen LogP contribution in [0.3, 0.4) is 0 Å². The summed E-state index contributed by atoms with van der Waals surface area (Å²) in [5.74, 6) is -0.792. The Morgan fingerprint density at radius 3 is 2.58 bits per heavy atom. The first-order valence-electron chi connectivity index (χ1n) is 7.63. The van der Waals surface area contributed by atoms with Gasteiger partial charge in [0.05, 0.1) is 12.1 Å². The molecule has 0 aliphatic carbocycles. The highest BCUT2D eigenvalue weighted by atomic mass is 16.5. The third kappa shape index (κ3) is 4.55. The summed E-state index contributed by atoms with van der Waals surface area (Å²) in [4.78, 5) is 26.9. The predicted octanol–water partition coefficient (Wildman–Crippen LogP) is 3.06. The predicted molar refractivity (Wildman–Crippen MR) is 89.3 cm³/mol. The Labute approximate surface area is 140 Å². The van der Waals surface area contributed by atoms with Gasteiger partial charge in [0.1, 0.15) is 11.4 Å². The number of aromatic nitrogens is 1. The summed E-state index contributed by atoms with van der Waals surface area (Å²) in [7, 11) is 0. The van der Waals surface area contributed by atoms with Crippen molar-refractivity contribution in [3.63, 3.8) is 0 Å². The van der Waals surface area contributed by atoms with Crippen LogP contribution in [-0.4, -0.2) is 28.1 Å². The van der Waals surface area contributed by atoms with Crippen LogP contribution in [0.1, 0.15) is 53.2 Å². The van der Waals surface area contributed by atoms with E-state index in [0.29, 0.717) is 0 Å². The number of rotatable bonds is 6. The normalized spacial score (nSPS) is 11.8. The zero-order chi connectivity index (χ0) is 17.7. The van der Waals surface area contributed by atoms with Crippen molar-refractivity contribution in [2.45, 2.75) is 32.9 Å². The van der Waals surface area contributed by atoms with Crippen LogP contribution in [0.5, 0.6) is 5.75 Å². The average Bonchev–Trinajstić information content (AvgIpc) is 2.54. The maximum Gasteiger partial charge on any atom is 0.354 e. The lowest BCUT2D eigenvalue weighted by molar-refractivity contribution is 0.0690. The number of benzene rings is 1. The van der Waals surface area contributed by atoms with Gasteiger partial charge in [-0.1, -0.05) is 12.1 Å². The minimum atomic E-state index is -1.17. The molecule has 1 unspecified atom stereocenters. The molecule has 1 aromatic carbocycles.